The number of para-hydroxylation sites is 6. The second kappa shape index (κ2) is 10.9. The molecular weight excluding hydrogens is 689 g/mol. The summed E-state index contributed by atoms with van der Waals surface area (Å²) < 4.78 is 18.3. The minimum absolute atomic E-state index is 0.543. The van der Waals surface area contributed by atoms with E-state index in [1.807, 2.05) is 0 Å². The molecule has 56 heavy (non-hydrogen) atoms. The highest BCUT2D eigenvalue weighted by molar-refractivity contribution is 6.23. The van der Waals surface area contributed by atoms with E-state index in [9.17, 15) is 0 Å². The molecule has 262 valence electrons. The van der Waals surface area contributed by atoms with Gasteiger partial charge in [-0.3, -0.25) is 22.7 Å². The zero-order chi connectivity index (χ0) is 36.5. The van der Waals surface area contributed by atoms with Gasteiger partial charge in [-0.25, -0.2) is 0 Å². The highest BCUT2D eigenvalue weighted by Gasteiger charge is 2.25. The summed E-state index contributed by atoms with van der Waals surface area (Å²) in [6.45, 7) is 0. The predicted octanol–water partition coefficient (Wildman–Crippen LogP) is 12.2. The molecule has 0 aliphatic rings. The van der Waals surface area contributed by atoms with E-state index < -0.39 is 0 Å². The van der Waals surface area contributed by atoms with Crippen LogP contribution in [0, 0.1) is 0 Å². The van der Waals surface area contributed by atoms with Crippen molar-refractivity contribution >= 4 is 82.6 Å². The van der Waals surface area contributed by atoms with Crippen molar-refractivity contribution in [1.29, 1.82) is 0 Å². The molecule has 6 aromatic heterocycles. The largest absolute Gasteiger partial charge is 0.406 e. The fourth-order valence-electron chi connectivity index (χ4n) is 9.29. The fraction of sp³-hybridized carbons (Fsp3) is 0. The first-order valence-corrected chi connectivity index (χ1v) is 18.9. The van der Waals surface area contributed by atoms with Crippen LogP contribution in [0.2, 0.25) is 0 Å². The van der Waals surface area contributed by atoms with Gasteiger partial charge in [0.05, 0.1) is 39.3 Å². The van der Waals surface area contributed by atoms with Crippen molar-refractivity contribution in [3.8, 4) is 22.9 Å². The molecule has 13 rings (SSSR count). The molecule has 7 heteroatoms. The number of oxazole rings is 1. The van der Waals surface area contributed by atoms with Gasteiger partial charge < -0.3 is 4.42 Å². The smallest absolute Gasteiger partial charge is 0.308 e. The third-order valence-electron chi connectivity index (χ3n) is 11.5. The molecular formula is C49H30N6O. The summed E-state index contributed by atoms with van der Waals surface area (Å²) in [5.41, 5.74) is 11.8. The lowest BCUT2D eigenvalue weighted by atomic mass is 10.1. The van der Waals surface area contributed by atoms with Gasteiger partial charge in [-0.1, -0.05) is 109 Å². The molecule has 0 fully saturated rings. The maximum atomic E-state index is 6.78. The molecule has 7 aromatic carbocycles. The van der Waals surface area contributed by atoms with Crippen LogP contribution in [0.1, 0.15) is 0 Å². The molecule has 0 aliphatic heterocycles. The van der Waals surface area contributed by atoms with E-state index in [0.717, 1.165) is 55.9 Å². The molecule has 0 N–H and O–H groups in total. The number of nitrogens with zero attached hydrogens (tertiary/aromatic N) is 6. The van der Waals surface area contributed by atoms with Gasteiger partial charge in [-0.2, -0.15) is 4.98 Å². The Bertz CT molecular complexity index is 3700. The van der Waals surface area contributed by atoms with Crippen molar-refractivity contribution in [3.05, 3.63) is 182 Å². The molecule has 0 unspecified atom stereocenters. The summed E-state index contributed by atoms with van der Waals surface area (Å²) in [6, 6.07) is 62.5. The molecule has 0 amide bonds. The molecule has 0 atom stereocenters. The van der Waals surface area contributed by atoms with E-state index in [1.165, 1.54) is 37.8 Å². The van der Waals surface area contributed by atoms with Crippen molar-refractivity contribution < 1.29 is 4.42 Å². The molecule has 0 spiro atoms. The fourth-order valence-corrected chi connectivity index (χ4v) is 9.29. The molecule has 0 aliphatic carbocycles. The Balaban J connectivity index is 1.09. The quantitative estimate of drug-likeness (QED) is 0.182. The SMILES string of the molecule is c1ccc(-n2c3ccccc3c3c4ccccc4n(-c4ccc5nc6oc(-n7c8ccccc8c8c9ccccc9n(-c9ccccc9)c87)cn6c5c4)c32)cc1. The minimum atomic E-state index is 0.543. The zero-order valence-corrected chi connectivity index (χ0v) is 29.9. The van der Waals surface area contributed by atoms with Crippen LogP contribution >= 0.6 is 0 Å². The van der Waals surface area contributed by atoms with E-state index in [1.54, 1.807) is 0 Å². The van der Waals surface area contributed by atoms with E-state index in [0.29, 0.717) is 11.7 Å². The lowest BCUT2D eigenvalue weighted by Crippen LogP contribution is -2.01. The first-order chi connectivity index (χ1) is 27.8. The van der Waals surface area contributed by atoms with Crippen LogP contribution in [0.15, 0.2) is 187 Å². The number of imidazole rings is 1. The lowest BCUT2D eigenvalue weighted by Gasteiger charge is -2.13. The molecule has 13 aromatic rings. The molecule has 0 radical (unpaired) electrons. The lowest BCUT2D eigenvalue weighted by molar-refractivity contribution is 0.573. The Labute approximate surface area is 318 Å². The Morgan fingerprint density at radius 1 is 0.375 bits per heavy atom. The number of hydrogen-bond acceptors (Lipinski definition) is 2. The molecule has 0 bridgehead atoms. The van der Waals surface area contributed by atoms with Crippen molar-refractivity contribution in [3.63, 3.8) is 0 Å². The monoisotopic (exact) mass is 718 g/mol. The second-order valence-corrected chi connectivity index (χ2v) is 14.5. The Morgan fingerprint density at radius 2 is 0.804 bits per heavy atom. The van der Waals surface area contributed by atoms with Crippen LogP contribution in [0.25, 0.3) is 106 Å². The van der Waals surface area contributed by atoms with E-state index in [2.05, 4.69) is 205 Å². The van der Waals surface area contributed by atoms with Crippen LogP contribution in [-0.2, 0) is 0 Å². The highest BCUT2D eigenvalue weighted by Crippen LogP contribution is 2.43. The number of fused-ring (bicyclic) bond motifs is 13. The summed E-state index contributed by atoms with van der Waals surface area (Å²) in [5.74, 6) is 1.24. The minimum Gasteiger partial charge on any atom is -0.406 e. The van der Waals surface area contributed by atoms with Crippen LogP contribution in [0.4, 0.5) is 0 Å². The summed E-state index contributed by atoms with van der Waals surface area (Å²) in [6.07, 6.45) is 2.09. The van der Waals surface area contributed by atoms with Crippen molar-refractivity contribution in [2.24, 2.45) is 0 Å². The van der Waals surface area contributed by atoms with E-state index in [-0.39, 0.29) is 0 Å². The third-order valence-corrected chi connectivity index (χ3v) is 11.5. The Hall–Kier alpha value is -7.77. The van der Waals surface area contributed by atoms with Crippen LogP contribution in [0.3, 0.4) is 0 Å². The maximum absolute atomic E-state index is 6.78. The van der Waals surface area contributed by atoms with Crippen LogP contribution in [-0.4, -0.2) is 27.7 Å². The second-order valence-electron chi connectivity index (χ2n) is 14.5. The predicted molar refractivity (Wildman–Crippen MR) is 227 cm³/mol. The number of benzene rings is 7. The molecule has 0 saturated carbocycles. The van der Waals surface area contributed by atoms with Crippen LogP contribution in [0.5, 0.6) is 0 Å². The average Bonchev–Trinajstić information content (AvgIpc) is 4.09. The van der Waals surface area contributed by atoms with E-state index >= 15 is 0 Å². The van der Waals surface area contributed by atoms with Gasteiger partial charge >= 0.3 is 5.84 Å². The summed E-state index contributed by atoms with van der Waals surface area (Å²) in [4.78, 5) is 5.04. The zero-order valence-electron chi connectivity index (χ0n) is 29.9. The van der Waals surface area contributed by atoms with E-state index in [4.69, 9.17) is 9.40 Å². The molecule has 0 saturated heterocycles. The summed E-state index contributed by atoms with van der Waals surface area (Å²) in [5, 5.41) is 7.25. The normalized spacial score (nSPS) is 12.3. The van der Waals surface area contributed by atoms with Crippen molar-refractivity contribution in [1.82, 2.24) is 27.7 Å². The number of hydrogen-bond donors (Lipinski definition) is 0. The summed E-state index contributed by atoms with van der Waals surface area (Å²) >= 11 is 0. The average molecular weight is 719 g/mol. The Morgan fingerprint density at radius 3 is 1.32 bits per heavy atom. The number of rotatable bonds is 4. The van der Waals surface area contributed by atoms with Gasteiger partial charge in [0.1, 0.15) is 11.3 Å². The Kier molecular flexibility index (Phi) is 5.77. The highest BCUT2D eigenvalue weighted by atomic mass is 16.4. The van der Waals surface area contributed by atoms with Crippen molar-refractivity contribution in [2.45, 2.75) is 0 Å². The molecule has 6 heterocycles. The first-order valence-electron chi connectivity index (χ1n) is 18.9. The maximum Gasteiger partial charge on any atom is 0.308 e. The standard InChI is InChI=1S/C49H30N6O/c1-3-15-31(16-4-1)52-39-23-11-7-19-34(39)45-36-21-9-13-25-41(36)54(47(45)52)33-27-28-38-43(29-33)51-30-44(56-49(51)50-38)55-42-26-14-10-22-37(42)46-35-20-8-12-24-40(35)53(48(46)55)32-17-5-2-6-18-32/h1-30H. The van der Waals surface area contributed by atoms with Gasteiger partial charge in [0, 0.05) is 49.4 Å². The van der Waals surface area contributed by atoms with Crippen LogP contribution < -0.4 is 0 Å². The third kappa shape index (κ3) is 3.83. The van der Waals surface area contributed by atoms with Gasteiger partial charge in [0.25, 0.3) is 0 Å². The first kappa shape index (κ1) is 29.7. The van der Waals surface area contributed by atoms with Crippen molar-refractivity contribution in [2.75, 3.05) is 0 Å². The molecule has 7 nitrogen and oxygen atoms in total. The van der Waals surface area contributed by atoms with Gasteiger partial charge in [-0.05, 0) is 66.7 Å². The van der Waals surface area contributed by atoms with Gasteiger partial charge in [-0.15, -0.1) is 0 Å². The van der Waals surface area contributed by atoms with Gasteiger partial charge in [0.15, 0.2) is 0 Å². The number of aromatic nitrogens is 6. The topological polar surface area (TPSA) is 50.2 Å². The summed E-state index contributed by atoms with van der Waals surface area (Å²) in [7, 11) is 0. The van der Waals surface area contributed by atoms with Gasteiger partial charge in [0.2, 0.25) is 5.88 Å².